The Morgan fingerprint density at radius 3 is 2.34 bits per heavy atom. The lowest BCUT2D eigenvalue weighted by atomic mass is 10.2. The lowest BCUT2D eigenvalue weighted by Gasteiger charge is -2.13. The van der Waals surface area contributed by atoms with Crippen LogP contribution in [0.5, 0.6) is 0 Å². The molecule has 198 valence electrons. The molecule has 13 heteroatoms. The average molecular weight is 565 g/mol. The molecule has 2 aromatic heterocycles. The van der Waals surface area contributed by atoms with Gasteiger partial charge in [-0.1, -0.05) is 17.7 Å². The molecular formula is C25H20ClF3N4O4S. The van der Waals surface area contributed by atoms with Gasteiger partial charge in [0.25, 0.3) is 11.5 Å². The molecule has 0 radical (unpaired) electrons. The predicted molar refractivity (Wildman–Crippen MR) is 140 cm³/mol. The van der Waals surface area contributed by atoms with Crippen molar-refractivity contribution in [1.29, 1.82) is 0 Å². The number of fused-ring (bicyclic) bond motifs is 1. The van der Waals surface area contributed by atoms with E-state index in [0.29, 0.717) is 10.6 Å². The Labute approximate surface area is 222 Å². The zero-order chi connectivity index (χ0) is 27.9. The molecular weight excluding hydrogens is 545 g/mol. The predicted octanol–water partition coefficient (Wildman–Crippen LogP) is 4.54. The summed E-state index contributed by atoms with van der Waals surface area (Å²) in [6, 6.07) is 9.94. The van der Waals surface area contributed by atoms with Crippen LogP contribution in [0.2, 0.25) is 5.02 Å². The van der Waals surface area contributed by atoms with E-state index in [1.54, 1.807) is 6.92 Å². The van der Waals surface area contributed by atoms with Crippen LogP contribution in [0.3, 0.4) is 0 Å². The first-order valence-electron chi connectivity index (χ1n) is 11.0. The Balaban J connectivity index is 1.88. The molecule has 0 spiro atoms. The number of nitrogens with one attached hydrogen (secondary N) is 1. The third kappa shape index (κ3) is 5.09. The van der Waals surface area contributed by atoms with Gasteiger partial charge in [0.05, 0.1) is 21.5 Å². The molecule has 0 atom stereocenters. The molecule has 38 heavy (non-hydrogen) atoms. The van der Waals surface area contributed by atoms with E-state index in [0.717, 1.165) is 38.7 Å². The average Bonchev–Trinajstić information content (AvgIpc) is 3.19. The van der Waals surface area contributed by atoms with Crippen LogP contribution >= 0.6 is 22.9 Å². The molecule has 2 aromatic carbocycles. The largest absolute Gasteiger partial charge is 0.416 e. The first-order valence-corrected chi connectivity index (χ1v) is 12.2. The monoisotopic (exact) mass is 564 g/mol. The number of alkyl halides is 3. The molecule has 0 aliphatic carbocycles. The van der Waals surface area contributed by atoms with E-state index < -0.39 is 41.3 Å². The molecule has 0 aliphatic heterocycles. The number of amides is 2. The summed E-state index contributed by atoms with van der Waals surface area (Å²) >= 11 is 6.83. The van der Waals surface area contributed by atoms with Crippen molar-refractivity contribution in [2.75, 3.05) is 19.4 Å². The number of rotatable bonds is 5. The minimum Gasteiger partial charge on any atom is -0.344 e. The molecule has 1 N–H and O–H groups in total. The number of anilines is 1. The van der Waals surface area contributed by atoms with Crippen LogP contribution in [0.4, 0.5) is 18.9 Å². The quantitative estimate of drug-likeness (QED) is 0.385. The molecule has 8 nitrogen and oxygen atoms in total. The van der Waals surface area contributed by atoms with Gasteiger partial charge in [-0.25, -0.2) is 9.36 Å². The van der Waals surface area contributed by atoms with Gasteiger partial charge < -0.3 is 10.2 Å². The number of halogens is 4. The van der Waals surface area contributed by atoms with Crippen LogP contribution in [-0.4, -0.2) is 39.9 Å². The van der Waals surface area contributed by atoms with E-state index in [4.69, 9.17) is 11.6 Å². The van der Waals surface area contributed by atoms with Crippen molar-refractivity contribution in [3.05, 3.63) is 90.4 Å². The summed E-state index contributed by atoms with van der Waals surface area (Å²) in [7, 11) is 3.07. The molecule has 0 bridgehead atoms. The fourth-order valence-electron chi connectivity index (χ4n) is 3.83. The van der Waals surface area contributed by atoms with Crippen LogP contribution in [0.25, 0.3) is 15.9 Å². The van der Waals surface area contributed by atoms with Gasteiger partial charge in [-0.05, 0) is 55.0 Å². The van der Waals surface area contributed by atoms with Gasteiger partial charge in [0.1, 0.15) is 11.4 Å². The molecule has 4 aromatic rings. The molecule has 0 unspecified atom stereocenters. The van der Waals surface area contributed by atoms with Crippen LogP contribution in [0.1, 0.15) is 20.8 Å². The van der Waals surface area contributed by atoms with Crippen molar-refractivity contribution in [3.63, 3.8) is 0 Å². The lowest BCUT2D eigenvalue weighted by Crippen LogP contribution is -2.40. The Kier molecular flexibility index (Phi) is 7.22. The fraction of sp³-hybridized carbons (Fsp3) is 0.200. The topological polar surface area (TPSA) is 93.4 Å². The van der Waals surface area contributed by atoms with Crippen LogP contribution < -0.4 is 16.6 Å². The minimum absolute atomic E-state index is 0.0709. The Bertz CT molecular complexity index is 1690. The van der Waals surface area contributed by atoms with Crippen molar-refractivity contribution >= 4 is 50.7 Å². The number of hydrogen-bond donors (Lipinski definition) is 1. The van der Waals surface area contributed by atoms with E-state index in [9.17, 15) is 32.3 Å². The SMILES string of the molecule is Cc1c(C(=O)N(C)C)sc2c1c(=O)n(-c1ccc(Cl)cc1)c(=O)n2CC(=O)Nc1cccc(C(F)(F)F)c1. The highest BCUT2D eigenvalue weighted by Crippen LogP contribution is 2.31. The van der Waals surface area contributed by atoms with Crippen LogP contribution in [0.15, 0.2) is 58.1 Å². The fourth-order valence-corrected chi connectivity index (χ4v) is 5.27. The van der Waals surface area contributed by atoms with Crippen LogP contribution in [-0.2, 0) is 17.5 Å². The summed E-state index contributed by atoms with van der Waals surface area (Å²) in [5.41, 5.74) is -2.10. The zero-order valence-electron chi connectivity index (χ0n) is 20.2. The summed E-state index contributed by atoms with van der Waals surface area (Å²) < 4.78 is 41.1. The Morgan fingerprint density at radius 1 is 1.08 bits per heavy atom. The molecule has 0 fully saturated rings. The number of thiophene rings is 1. The molecule has 0 saturated heterocycles. The maximum Gasteiger partial charge on any atom is 0.416 e. The number of carbonyl (C=O) groups excluding carboxylic acids is 2. The van der Waals surface area contributed by atoms with Gasteiger partial charge in [-0.2, -0.15) is 13.2 Å². The van der Waals surface area contributed by atoms with Gasteiger partial charge in [-0.3, -0.25) is 19.0 Å². The second-order valence-electron chi connectivity index (χ2n) is 8.55. The second kappa shape index (κ2) is 10.1. The van der Waals surface area contributed by atoms with Crippen molar-refractivity contribution in [2.45, 2.75) is 19.6 Å². The van der Waals surface area contributed by atoms with Crippen molar-refractivity contribution in [3.8, 4) is 5.69 Å². The van der Waals surface area contributed by atoms with Crippen LogP contribution in [0, 0.1) is 6.92 Å². The van der Waals surface area contributed by atoms with E-state index in [-0.39, 0.29) is 26.5 Å². The number of aryl methyl sites for hydroxylation is 1. The van der Waals surface area contributed by atoms with Gasteiger partial charge in [0.15, 0.2) is 0 Å². The van der Waals surface area contributed by atoms with Crippen molar-refractivity contribution < 1.29 is 22.8 Å². The zero-order valence-corrected chi connectivity index (χ0v) is 21.8. The smallest absolute Gasteiger partial charge is 0.344 e. The normalized spacial score (nSPS) is 11.6. The van der Waals surface area contributed by atoms with Gasteiger partial charge >= 0.3 is 11.9 Å². The Hall–Kier alpha value is -3.90. The first-order chi connectivity index (χ1) is 17.8. The number of carbonyl (C=O) groups is 2. The van der Waals surface area contributed by atoms with E-state index >= 15 is 0 Å². The maximum atomic E-state index is 13.6. The highest BCUT2D eigenvalue weighted by atomic mass is 35.5. The molecule has 0 saturated carbocycles. The third-order valence-corrected chi connectivity index (χ3v) is 7.23. The first kappa shape index (κ1) is 27.1. The number of hydrogen-bond acceptors (Lipinski definition) is 5. The maximum absolute atomic E-state index is 13.6. The highest BCUT2D eigenvalue weighted by molar-refractivity contribution is 7.20. The molecule has 2 heterocycles. The standard InChI is InChI=1S/C25H20ClF3N4O4S/c1-13-19-21(35)33(17-9-7-15(26)8-10-17)24(37)32(23(19)38-20(13)22(36)31(2)3)12-18(34)30-16-6-4-5-14(11-16)25(27,28)29/h4-11H,12H2,1-3H3,(H,30,34). The second-order valence-corrected chi connectivity index (χ2v) is 9.98. The van der Waals surface area contributed by atoms with Gasteiger partial charge in [0.2, 0.25) is 5.91 Å². The van der Waals surface area contributed by atoms with E-state index in [2.05, 4.69) is 5.32 Å². The number of nitrogens with zero attached hydrogens (tertiary/aromatic N) is 3. The molecule has 2 amide bonds. The summed E-state index contributed by atoms with van der Waals surface area (Å²) in [6.07, 6.45) is -4.61. The summed E-state index contributed by atoms with van der Waals surface area (Å²) in [5, 5.41) is 2.81. The lowest BCUT2D eigenvalue weighted by molar-refractivity contribution is -0.137. The van der Waals surface area contributed by atoms with Gasteiger partial charge in [0, 0.05) is 24.8 Å². The number of benzene rings is 2. The summed E-state index contributed by atoms with van der Waals surface area (Å²) in [5.74, 6) is -1.20. The minimum atomic E-state index is -4.61. The van der Waals surface area contributed by atoms with Crippen molar-refractivity contribution in [2.24, 2.45) is 0 Å². The van der Waals surface area contributed by atoms with E-state index in [1.165, 1.54) is 49.3 Å². The summed E-state index contributed by atoms with van der Waals surface area (Å²) in [4.78, 5) is 54.4. The number of aromatic nitrogens is 2. The van der Waals surface area contributed by atoms with E-state index in [1.807, 2.05) is 0 Å². The highest BCUT2D eigenvalue weighted by Gasteiger charge is 2.30. The van der Waals surface area contributed by atoms with Crippen molar-refractivity contribution in [1.82, 2.24) is 14.0 Å². The Morgan fingerprint density at radius 2 is 1.74 bits per heavy atom. The molecule has 0 aliphatic rings. The van der Waals surface area contributed by atoms with Gasteiger partial charge in [-0.15, -0.1) is 11.3 Å². The molecule has 4 rings (SSSR count). The summed E-state index contributed by atoms with van der Waals surface area (Å²) in [6.45, 7) is 0.940. The third-order valence-electron chi connectivity index (χ3n) is 5.67.